The van der Waals surface area contributed by atoms with Gasteiger partial charge in [0.15, 0.2) is 23.0 Å². The molecule has 0 unspecified atom stereocenters. The molecule has 37 heavy (non-hydrogen) atoms. The molecule has 9 heteroatoms. The lowest BCUT2D eigenvalue weighted by Gasteiger charge is -2.41. The van der Waals surface area contributed by atoms with Crippen molar-refractivity contribution in [1.29, 1.82) is 0 Å². The molecule has 1 amide bonds. The van der Waals surface area contributed by atoms with Crippen LogP contribution in [-0.2, 0) is 11.4 Å². The predicted octanol–water partition coefficient (Wildman–Crippen LogP) is 5.15. The van der Waals surface area contributed by atoms with Crippen LogP contribution in [0.3, 0.4) is 0 Å². The first-order valence-corrected chi connectivity index (χ1v) is 13.0. The first-order valence-electron chi connectivity index (χ1n) is 11.9. The molecule has 2 heterocycles. The summed E-state index contributed by atoms with van der Waals surface area (Å²) in [6, 6.07) is 17.4. The van der Waals surface area contributed by atoms with E-state index >= 15 is 0 Å². The molecular formula is C28H26BrNO7. The summed E-state index contributed by atoms with van der Waals surface area (Å²) in [6.07, 6.45) is 0.655. The lowest BCUT2D eigenvalue weighted by atomic mass is 9.79. The van der Waals surface area contributed by atoms with Crippen LogP contribution >= 0.6 is 15.9 Å². The third-order valence-electron chi connectivity index (χ3n) is 6.59. The number of nitrogens with zero attached hydrogens (tertiary/aromatic N) is 1. The van der Waals surface area contributed by atoms with E-state index in [1.165, 1.54) is 7.11 Å². The monoisotopic (exact) mass is 567 g/mol. The number of carbonyl (C=O) groups is 2. The van der Waals surface area contributed by atoms with Crippen molar-refractivity contribution in [2.75, 3.05) is 25.8 Å². The Kier molecular flexibility index (Phi) is 7.23. The maximum absolute atomic E-state index is 13.9. The van der Waals surface area contributed by atoms with Crippen LogP contribution in [0.25, 0.3) is 0 Å². The Balaban J connectivity index is 1.59. The van der Waals surface area contributed by atoms with E-state index in [2.05, 4.69) is 15.9 Å². The van der Waals surface area contributed by atoms with Gasteiger partial charge in [0.25, 0.3) is 5.91 Å². The molecule has 2 aliphatic heterocycles. The van der Waals surface area contributed by atoms with Gasteiger partial charge in [0.05, 0.1) is 13.2 Å². The van der Waals surface area contributed by atoms with Crippen LogP contribution < -0.4 is 18.9 Å². The topological polar surface area (TPSA) is 94.5 Å². The number of amides is 1. The number of hydrogen-bond acceptors (Lipinski definition) is 6. The number of aliphatic carboxylic acids is 1. The van der Waals surface area contributed by atoms with Crippen LogP contribution in [0.2, 0.25) is 0 Å². The molecule has 0 fully saturated rings. The van der Waals surface area contributed by atoms with E-state index in [-0.39, 0.29) is 19.3 Å². The molecule has 3 aromatic rings. The Hall–Kier alpha value is -3.72. The van der Waals surface area contributed by atoms with Crippen molar-refractivity contribution in [3.63, 3.8) is 0 Å². The van der Waals surface area contributed by atoms with Crippen molar-refractivity contribution >= 4 is 27.8 Å². The highest BCUT2D eigenvalue weighted by Crippen LogP contribution is 2.48. The standard InChI is InChI=1S/C28H26BrNO7/c1-34-22-13-19-20(14-24(22)35-15-17-6-3-2-4-7-17)27(31)30(11-5-10-29)26(25(19)28(32)33)18-8-9-21-23(12-18)37-16-36-21/h2-4,6-9,12-14,25-26H,5,10-11,15-16H2,1H3,(H,32,33)/t25-,26-/m1/s1. The summed E-state index contributed by atoms with van der Waals surface area (Å²) in [4.78, 5) is 28.3. The summed E-state index contributed by atoms with van der Waals surface area (Å²) in [5.74, 6) is -0.463. The van der Waals surface area contributed by atoms with Crippen LogP contribution in [-0.4, -0.2) is 47.7 Å². The molecule has 5 rings (SSSR count). The second kappa shape index (κ2) is 10.7. The second-order valence-electron chi connectivity index (χ2n) is 8.78. The van der Waals surface area contributed by atoms with Crippen molar-refractivity contribution in [2.45, 2.75) is 25.0 Å². The SMILES string of the molecule is COc1cc2c(cc1OCc1ccccc1)C(=O)N(CCCBr)[C@H](c1ccc3c(c1)OCO3)[C@@H]2C(=O)O. The molecule has 8 nitrogen and oxygen atoms in total. The minimum Gasteiger partial charge on any atom is -0.493 e. The summed E-state index contributed by atoms with van der Waals surface area (Å²) in [5.41, 5.74) is 2.30. The molecule has 0 saturated carbocycles. The zero-order valence-electron chi connectivity index (χ0n) is 20.2. The lowest BCUT2D eigenvalue weighted by molar-refractivity contribution is -0.140. The summed E-state index contributed by atoms with van der Waals surface area (Å²) in [5, 5.41) is 11.1. The molecule has 0 aliphatic carbocycles. The maximum Gasteiger partial charge on any atom is 0.313 e. The number of carboxylic acids is 1. The Morgan fingerprint density at radius 2 is 1.86 bits per heavy atom. The molecule has 192 valence electrons. The predicted molar refractivity (Wildman–Crippen MR) is 139 cm³/mol. The van der Waals surface area contributed by atoms with Gasteiger partial charge < -0.3 is 29.0 Å². The van der Waals surface area contributed by atoms with Crippen molar-refractivity contribution in [2.24, 2.45) is 0 Å². The molecular weight excluding hydrogens is 542 g/mol. The highest BCUT2D eigenvalue weighted by atomic mass is 79.9. The van der Waals surface area contributed by atoms with E-state index in [0.717, 1.165) is 5.56 Å². The van der Waals surface area contributed by atoms with Gasteiger partial charge in [0.2, 0.25) is 6.79 Å². The van der Waals surface area contributed by atoms with Gasteiger partial charge in [-0.3, -0.25) is 9.59 Å². The van der Waals surface area contributed by atoms with Crippen molar-refractivity contribution in [3.05, 3.63) is 82.9 Å². The Bertz CT molecular complexity index is 1310. The molecule has 0 spiro atoms. The molecule has 0 aromatic heterocycles. The maximum atomic E-state index is 13.9. The number of fused-ring (bicyclic) bond motifs is 2. The molecule has 2 aliphatic rings. The number of alkyl halides is 1. The fraction of sp³-hybridized carbons (Fsp3) is 0.286. The second-order valence-corrected chi connectivity index (χ2v) is 9.57. The first-order chi connectivity index (χ1) is 18.0. The zero-order chi connectivity index (χ0) is 25.9. The molecule has 0 saturated heterocycles. The zero-order valence-corrected chi connectivity index (χ0v) is 21.8. The van der Waals surface area contributed by atoms with Crippen molar-refractivity contribution in [3.8, 4) is 23.0 Å². The van der Waals surface area contributed by atoms with Gasteiger partial charge in [-0.25, -0.2) is 0 Å². The average molecular weight is 568 g/mol. The van der Waals surface area contributed by atoms with Crippen LogP contribution in [0.15, 0.2) is 60.7 Å². The molecule has 3 aromatic carbocycles. The minimum atomic E-state index is -1.04. The van der Waals surface area contributed by atoms with Crippen LogP contribution in [0.4, 0.5) is 0 Å². The summed E-state index contributed by atoms with van der Waals surface area (Å²) in [7, 11) is 1.50. The number of rotatable bonds is 9. The van der Waals surface area contributed by atoms with Crippen LogP contribution in [0.1, 0.15) is 45.4 Å². The van der Waals surface area contributed by atoms with Crippen molar-refractivity contribution < 1.29 is 33.6 Å². The Morgan fingerprint density at radius 1 is 1.08 bits per heavy atom. The number of ether oxygens (including phenoxy) is 4. The fourth-order valence-electron chi connectivity index (χ4n) is 4.87. The molecule has 0 bridgehead atoms. The smallest absolute Gasteiger partial charge is 0.313 e. The van der Waals surface area contributed by atoms with E-state index in [1.807, 2.05) is 30.3 Å². The lowest BCUT2D eigenvalue weighted by Crippen LogP contribution is -2.45. The van der Waals surface area contributed by atoms with Gasteiger partial charge in [-0.2, -0.15) is 0 Å². The van der Waals surface area contributed by atoms with Gasteiger partial charge in [0, 0.05) is 17.4 Å². The van der Waals surface area contributed by atoms with Gasteiger partial charge in [0.1, 0.15) is 12.5 Å². The van der Waals surface area contributed by atoms with Crippen LogP contribution in [0.5, 0.6) is 23.0 Å². The minimum absolute atomic E-state index is 0.101. The van der Waals surface area contributed by atoms with Gasteiger partial charge in [-0.05, 0) is 47.4 Å². The summed E-state index contributed by atoms with van der Waals surface area (Å²) >= 11 is 3.43. The summed E-state index contributed by atoms with van der Waals surface area (Å²) in [6.45, 7) is 0.752. The number of methoxy groups -OCH3 is 1. The molecule has 2 atom stereocenters. The Labute approximate surface area is 222 Å². The number of carbonyl (C=O) groups excluding carboxylic acids is 1. The van der Waals surface area contributed by atoms with E-state index in [9.17, 15) is 14.7 Å². The first kappa shape index (κ1) is 25.0. The van der Waals surface area contributed by atoms with E-state index in [1.54, 1.807) is 35.2 Å². The number of carboxylic acid groups (broad SMARTS) is 1. The number of hydrogen-bond donors (Lipinski definition) is 1. The number of benzene rings is 3. The fourth-order valence-corrected chi connectivity index (χ4v) is 5.12. The quantitative estimate of drug-likeness (QED) is 0.357. The largest absolute Gasteiger partial charge is 0.493 e. The van der Waals surface area contributed by atoms with E-state index < -0.39 is 17.9 Å². The van der Waals surface area contributed by atoms with Crippen LogP contribution in [0, 0.1) is 0 Å². The molecule has 1 N–H and O–H groups in total. The third kappa shape index (κ3) is 4.83. The van der Waals surface area contributed by atoms with Crippen molar-refractivity contribution in [1.82, 2.24) is 4.90 Å². The van der Waals surface area contributed by atoms with Gasteiger partial charge in [-0.1, -0.05) is 52.3 Å². The summed E-state index contributed by atoms with van der Waals surface area (Å²) < 4.78 is 22.6. The van der Waals surface area contributed by atoms with E-state index in [0.29, 0.717) is 58.0 Å². The molecule has 0 radical (unpaired) electrons. The number of halogens is 1. The van der Waals surface area contributed by atoms with E-state index in [4.69, 9.17) is 18.9 Å². The normalized spacial score (nSPS) is 17.9. The third-order valence-corrected chi connectivity index (χ3v) is 7.15. The average Bonchev–Trinajstić information content (AvgIpc) is 3.39. The Morgan fingerprint density at radius 3 is 2.59 bits per heavy atom. The van der Waals surface area contributed by atoms with Gasteiger partial charge >= 0.3 is 5.97 Å². The van der Waals surface area contributed by atoms with Gasteiger partial charge in [-0.15, -0.1) is 0 Å². The highest BCUT2D eigenvalue weighted by molar-refractivity contribution is 9.09. The highest BCUT2D eigenvalue weighted by Gasteiger charge is 2.45.